The van der Waals surface area contributed by atoms with Crippen LogP contribution in [0.5, 0.6) is 0 Å². The van der Waals surface area contributed by atoms with E-state index in [0.29, 0.717) is 19.6 Å². The first-order chi connectivity index (χ1) is 10.5. The minimum atomic E-state index is -3.09. The summed E-state index contributed by atoms with van der Waals surface area (Å²) >= 11 is 0. The van der Waals surface area contributed by atoms with Gasteiger partial charge in [0, 0.05) is 6.54 Å². The van der Waals surface area contributed by atoms with Gasteiger partial charge in [0.05, 0.1) is 19.8 Å². The largest absolute Gasteiger partial charge is 0.465 e. The van der Waals surface area contributed by atoms with E-state index in [-0.39, 0.29) is 18.5 Å². The van der Waals surface area contributed by atoms with Gasteiger partial charge in [-0.2, -0.15) is 8.78 Å². The molecule has 1 saturated heterocycles. The van der Waals surface area contributed by atoms with Crippen LogP contribution in [0.1, 0.15) is 18.4 Å². The second-order valence-corrected chi connectivity index (χ2v) is 5.21. The van der Waals surface area contributed by atoms with Crippen LogP contribution < -0.4 is 0 Å². The predicted molar refractivity (Wildman–Crippen MR) is 78.0 cm³/mol. The molecule has 120 valence electrons. The van der Waals surface area contributed by atoms with E-state index in [1.165, 1.54) is 6.08 Å². The van der Waals surface area contributed by atoms with Crippen LogP contribution >= 0.6 is 0 Å². The van der Waals surface area contributed by atoms with E-state index in [1.54, 1.807) is 0 Å². The van der Waals surface area contributed by atoms with E-state index >= 15 is 0 Å². The van der Waals surface area contributed by atoms with Gasteiger partial charge in [0.2, 0.25) is 0 Å². The molecule has 2 rings (SSSR count). The summed E-state index contributed by atoms with van der Waals surface area (Å²) in [4.78, 5) is 11.5. The molecule has 0 aliphatic carbocycles. The molecule has 0 atom stereocenters. The molecule has 1 aromatic rings. The average molecular weight is 311 g/mol. The molecular weight excluding hydrogens is 292 g/mol. The van der Waals surface area contributed by atoms with E-state index < -0.39 is 18.6 Å². The number of benzene rings is 1. The number of rotatable bonds is 5. The monoisotopic (exact) mass is 311 g/mol. The number of ether oxygens (including phenoxy) is 1. The van der Waals surface area contributed by atoms with Gasteiger partial charge in [-0.25, -0.2) is 4.79 Å². The fourth-order valence-corrected chi connectivity index (χ4v) is 2.35. The van der Waals surface area contributed by atoms with Gasteiger partial charge in [0.25, 0.3) is 5.92 Å². The smallest absolute Gasteiger partial charge is 0.407 e. The van der Waals surface area contributed by atoms with Crippen LogP contribution in [0.4, 0.5) is 13.6 Å². The Morgan fingerprint density at radius 3 is 2.73 bits per heavy atom. The van der Waals surface area contributed by atoms with Crippen molar-refractivity contribution < 1.29 is 23.4 Å². The van der Waals surface area contributed by atoms with E-state index in [1.807, 2.05) is 30.3 Å². The third-order valence-corrected chi connectivity index (χ3v) is 3.55. The predicted octanol–water partition coefficient (Wildman–Crippen LogP) is 3.54. The van der Waals surface area contributed by atoms with Gasteiger partial charge in [0.15, 0.2) is 0 Å². The minimum absolute atomic E-state index is 0.00770. The summed E-state index contributed by atoms with van der Waals surface area (Å²) < 4.78 is 33.1. The molecule has 0 unspecified atom stereocenters. The number of piperidine rings is 1. The molecule has 1 aromatic carbocycles. The van der Waals surface area contributed by atoms with E-state index in [0.717, 1.165) is 10.5 Å². The lowest BCUT2D eigenvalue weighted by Gasteiger charge is -2.32. The quantitative estimate of drug-likeness (QED) is 0.668. The molecule has 0 saturated carbocycles. The van der Waals surface area contributed by atoms with Crippen molar-refractivity contribution >= 4 is 6.09 Å². The topological polar surface area (TPSA) is 49.8 Å². The number of hydrogen-bond donors (Lipinski definition) is 1. The van der Waals surface area contributed by atoms with Gasteiger partial charge in [-0.1, -0.05) is 36.4 Å². The highest BCUT2D eigenvalue weighted by Crippen LogP contribution is 2.32. The number of likely N-dealkylation sites (tertiary alicyclic amines) is 1. The third kappa shape index (κ3) is 4.53. The van der Waals surface area contributed by atoms with Crippen molar-refractivity contribution in [2.75, 3.05) is 19.7 Å². The van der Waals surface area contributed by atoms with Crippen LogP contribution in [0.3, 0.4) is 0 Å². The Balaban J connectivity index is 1.77. The second kappa shape index (κ2) is 7.35. The molecule has 1 aliphatic heterocycles. The van der Waals surface area contributed by atoms with Crippen LogP contribution in [0.25, 0.3) is 0 Å². The first-order valence-corrected chi connectivity index (χ1v) is 7.16. The van der Waals surface area contributed by atoms with E-state index in [2.05, 4.69) is 0 Å². The summed E-state index contributed by atoms with van der Waals surface area (Å²) in [7, 11) is 0. The summed E-state index contributed by atoms with van der Waals surface area (Å²) in [6.45, 7) is 0.158. The molecule has 22 heavy (non-hydrogen) atoms. The number of alkyl halides is 2. The van der Waals surface area contributed by atoms with Crippen molar-refractivity contribution in [2.45, 2.75) is 25.4 Å². The van der Waals surface area contributed by atoms with Crippen molar-refractivity contribution in [3.63, 3.8) is 0 Å². The molecule has 6 heteroatoms. The van der Waals surface area contributed by atoms with Gasteiger partial charge >= 0.3 is 6.09 Å². The Labute approximate surface area is 128 Å². The Morgan fingerprint density at radius 2 is 2.09 bits per heavy atom. The molecule has 1 amide bonds. The molecule has 0 aromatic heterocycles. The summed E-state index contributed by atoms with van der Waals surface area (Å²) in [6.07, 6.45) is 0.636. The molecule has 0 bridgehead atoms. The van der Waals surface area contributed by atoms with Crippen molar-refractivity contribution in [1.82, 2.24) is 4.90 Å². The number of nitrogens with zero attached hydrogens (tertiary/aromatic N) is 1. The van der Waals surface area contributed by atoms with Crippen LogP contribution in [0.15, 0.2) is 42.0 Å². The Kier molecular flexibility index (Phi) is 5.49. The van der Waals surface area contributed by atoms with Crippen molar-refractivity contribution in [3.05, 3.63) is 47.5 Å². The summed E-state index contributed by atoms with van der Waals surface area (Å²) in [5.74, 6) is -3.09. The number of halogens is 2. The molecular formula is C16H19F2NO3. The van der Waals surface area contributed by atoms with E-state index in [4.69, 9.17) is 9.84 Å². The van der Waals surface area contributed by atoms with Crippen molar-refractivity contribution in [3.8, 4) is 0 Å². The number of carbonyl (C=O) groups is 1. The average Bonchev–Trinajstić information content (AvgIpc) is 2.48. The van der Waals surface area contributed by atoms with Crippen LogP contribution in [0, 0.1) is 0 Å². The minimum Gasteiger partial charge on any atom is -0.465 e. The number of hydrogen-bond acceptors (Lipinski definition) is 2. The lowest BCUT2D eigenvalue weighted by atomic mass is 9.99. The zero-order valence-corrected chi connectivity index (χ0v) is 12.2. The Bertz CT molecular complexity index is 531. The fraction of sp³-hybridized carbons (Fsp3) is 0.438. The maximum absolute atomic E-state index is 13.8. The Morgan fingerprint density at radius 1 is 1.36 bits per heavy atom. The van der Waals surface area contributed by atoms with Gasteiger partial charge < -0.3 is 14.7 Å². The molecule has 4 nitrogen and oxygen atoms in total. The number of carboxylic acid groups (broad SMARTS) is 1. The molecule has 0 radical (unpaired) electrons. The molecule has 0 spiro atoms. The van der Waals surface area contributed by atoms with Crippen molar-refractivity contribution in [2.24, 2.45) is 0 Å². The lowest BCUT2D eigenvalue weighted by molar-refractivity contribution is -0.0144. The van der Waals surface area contributed by atoms with Crippen LogP contribution in [-0.4, -0.2) is 41.7 Å². The maximum Gasteiger partial charge on any atom is 0.407 e. The van der Waals surface area contributed by atoms with Crippen LogP contribution in [-0.2, 0) is 11.3 Å². The van der Waals surface area contributed by atoms with E-state index in [9.17, 15) is 13.6 Å². The first kappa shape index (κ1) is 16.4. The molecule has 1 fully saturated rings. The number of amides is 1. The Hall–Kier alpha value is -1.95. The SMILES string of the molecule is O=C(O)N1CC/C(=C\CCOCc2ccccc2)C(F)(F)C1. The van der Waals surface area contributed by atoms with Crippen molar-refractivity contribution in [1.29, 1.82) is 0 Å². The molecule has 1 heterocycles. The zero-order valence-electron chi connectivity index (χ0n) is 12.2. The highest BCUT2D eigenvalue weighted by atomic mass is 19.3. The van der Waals surface area contributed by atoms with Gasteiger partial charge in [-0.3, -0.25) is 0 Å². The second-order valence-electron chi connectivity index (χ2n) is 5.21. The van der Waals surface area contributed by atoms with Gasteiger partial charge in [-0.15, -0.1) is 0 Å². The maximum atomic E-state index is 13.8. The standard InChI is InChI=1S/C16H19F2NO3/c17-16(18)12-19(15(20)21)9-8-14(16)7-4-10-22-11-13-5-2-1-3-6-13/h1-3,5-7H,4,8-12H2,(H,20,21)/b14-7+. The molecule has 1 N–H and O–H groups in total. The normalized spacial score (nSPS) is 19.4. The first-order valence-electron chi connectivity index (χ1n) is 7.16. The lowest BCUT2D eigenvalue weighted by Crippen LogP contribution is -2.46. The highest BCUT2D eigenvalue weighted by molar-refractivity contribution is 5.65. The van der Waals surface area contributed by atoms with Crippen LogP contribution in [0.2, 0.25) is 0 Å². The summed E-state index contributed by atoms with van der Waals surface area (Å²) in [5.41, 5.74) is 1.04. The summed E-state index contributed by atoms with van der Waals surface area (Å²) in [6, 6.07) is 9.62. The third-order valence-electron chi connectivity index (χ3n) is 3.55. The zero-order chi connectivity index (χ0) is 16.0. The molecule has 1 aliphatic rings. The van der Waals surface area contributed by atoms with Gasteiger partial charge in [0.1, 0.15) is 0 Å². The van der Waals surface area contributed by atoms with Gasteiger partial charge in [-0.05, 0) is 24.0 Å². The fourth-order valence-electron chi connectivity index (χ4n) is 2.35. The highest BCUT2D eigenvalue weighted by Gasteiger charge is 2.41. The summed E-state index contributed by atoms with van der Waals surface area (Å²) in [5, 5.41) is 8.76.